The normalized spacial score (nSPS) is 11.3. The summed E-state index contributed by atoms with van der Waals surface area (Å²) in [6.45, 7) is 1.42. The van der Waals surface area contributed by atoms with Crippen LogP contribution < -0.4 is 10.5 Å². The summed E-state index contributed by atoms with van der Waals surface area (Å²) in [5, 5.41) is 9.27. The first kappa shape index (κ1) is 21.3. The first-order valence-corrected chi connectivity index (χ1v) is 9.99. The number of halogens is 2. The second-order valence-electron chi connectivity index (χ2n) is 5.28. The Labute approximate surface area is 166 Å². The maximum absolute atomic E-state index is 12.9. The molecule has 2 rings (SSSR count). The van der Waals surface area contributed by atoms with Crippen molar-refractivity contribution in [2.24, 2.45) is 5.73 Å². The van der Waals surface area contributed by atoms with Gasteiger partial charge in [-0.1, -0.05) is 23.2 Å². The Kier molecular flexibility index (Phi) is 6.94. The number of phenols is 1. The standard InChI is InChI=1S/C17H17Cl2NO6S/c1-2-25-15(22)9-26-13-5-6-14(17(19)16(13)18)27(23,24)11-3-4-12(21)10(7-11)8-20/h3-7,21H,2,8-9,20H2,1H3. The fourth-order valence-corrected chi connectivity index (χ4v) is 4.31. The quantitative estimate of drug-likeness (QED) is 0.644. The summed E-state index contributed by atoms with van der Waals surface area (Å²) in [6.07, 6.45) is 0. The minimum atomic E-state index is -4.03. The maximum Gasteiger partial charge on any atom is 0.344 e. The Morgan fingerprint density at radius 1 is 1.19 bits per heavy atom. The van der Waals surface area contributed by atoms with E-state index in [0.717, 1.165) is 0 Å². The van der Waals surface area contributed by atoms with Crippen molar-refractivity contribution in [2.45, 2.75) is 23.3 Å². The topological polar surface area (TPSA) is 116 Å². The molecule has 0 heterocycles. The van der Waals surface area contributed by atoms with Crippen molar-refractivity contribution in [1.29, 1.82) is 0 Å². The Morgan fingerprint density at radius 3 is 2.52 bits per heavy atom. The lowest BCUT2D eigenvalue weighted by Crippen LogP contribution is -2.15. The van der Waals surface area contributed by atoms with E-state index in [-0.39, 0.29) is 50.1 Å². The highest BCUT2D eigenvalue weighted by Crippen LogP contribution is 2.39. The van der Waals surface area contributed by atoms with Crippen molar-refractivity contribution in [2.75, 3.05) is 13.2 Å². The number of esters is 1. The van der Waals surface area contributed by atoms with E-state index in [0.29, 0.717) is 0 Å². The molecule has 2 aromatic rings. The van der Waals surface area contributed by atoms with Gasteiger partial charge in [0, 0.05) is 12.1 Å². The molecule has 2 aromatic carbocycles. The molecule has 0 saturated carbocycles. The monoisotopic (exact) mass is 433 g/mol. The lowest BCUT2D eigenvalue weighted by molar-refractivity contribution is -0.145. The van der Waals surface area contributed by atoms with E-state index in [4.69, 9.17) is 38.4 Å². The minimum absolute atomic E-state index is 0.0374. The molecule has 0 bridgehead atoms. The number of hydrogen-bond donors (Lipinski definition) is 2. The van der Waals surface area contributed by atoms with Gasteiger partial charge in [-0.3, -0.25) is 0 Å². The van der Waals surface area contributed by atoms with Crippen LogP contribution in [0.1, 0.15) is 12.5 Å². The predicted octanol–water partition coefficient (Wildman–Crippen LogP) is 2.93. The van der Waals surface area contributed by atoms with Gasteiger partial charge in [0.15, 0.2) is 6.61 Å². The molecule has 7 nitrogen and oxygen atoms in total. The average molecular weight is 434 g/mol. The number of sulfone groups is 1. The van der Waals surface area contributed by atoms with Gasteiger partial charge in [-0.25, -0.2) is 13.2 Å². The lowest BCUT2D eigenvalue weighted by Gasteiger charge is -2.13. The van der Waals surface area contributed by atoms with E-state index in [1.165, 1.54) is 30.3 Å². The van der Waals surface area contributed by atoms with E-state index < -0.39 is 22.4 Å². The maximum atomic E-state index is 12.9. The second kappa shape index (κ2) is 8.79. The molecule has 0 aromatic heterocycles. The molecule has 27 heavy (non-hydrogen) atoms. The number of aromatic hydroxyl groups is 1. The van der Waals surface area contributed by atoms with E-state index >= 15 is 0 Å². The number of nitrogens with two attached hydrogens (primary N) is 1. The van der Waals surface area contributed by atoms with Gasteiger partial charge < -0.3 is 20.3 Å². The number of ether oxygens (including phenoxy) is 2. The number of benzene rings is 2. The van der Waals surface area contributed by atoms with E-state index in [9.17, 15) is 18.3 Å². The molecule has 3 N–H and O–H groups in total. The summed E-state index contributed by atoms with van der Waals surface area (Å²) < 4.78 is 35.7. The van der Waals surface area contributed by atoms with E-state index in [1.807, 2.05) is 0 Å². The van der Waals surface area contributed by atoms with Crippen LogP contribution in [-0.2, 0) is 25.9 Å². The molecule has 0 saturated heterocycles. The minimum Gasteiger partial charge on any atom is -0.508 e. The average Bonchev–Trinajstić information content (AvgIpc) is 2.63. The number of hydrogen-bond acceptors (Lipinski definition) is 7. The molecule has 10 heteroatoms. The largest absolute Gasteiger partial charge is 0.508 e. The molecule has 0 aliphatic heterocycles. The molecule has 0 radical (unpaired) electrons. The van der Waals surface area contributed by atoms with Crippen LogP contribution in [-0.4, -0.2) is 32.7 Å². The molecule has 0 unspecified atom stereocenters. The molecule has 146 valence electrons. The zero-order valence-corrected chi connectivity index (χ0v) is 16.6. The summed E-state index contributed by atoms with van der Waals surface area (Å²) in [5.41, 5.74) is 5.77. The third-order valence-corrected chi connectivity index (χ3v) is 6.30. The SMILES string of the molecule is CCOC(=O)COc1ccc(S(=O)(=O)c2ccc(O)c(CN)c2)c(Cl)c1Cl. The highest BCUT2D eigenvalue weighted by Gasteiger charge is 2.25. The summed E-state index contributed by atoms with van der Waals surface area (Å²) >= 11 is 12.2. The Balaban J connectivity index is 2.38. The summed E-state index contributed by atoms with van der Waals surface area (Å²) in [4.78, 5) is 11.0. The molecular formula is C17H17Cl2NO6S. The molecular weight excluding hydrogens is 417 g/mol. The first-order chi connectivity index (χ1) is 12.7. The Hall–Kier alpha value is -2.00. The van der Waals surface area contributed by atoms with Crippen LogP contribution in [0.25, 0.3) is 0 Å². The highest BCUT2D eigenvalue weighted by atomic mass is 35.5. The number of carbonyl (C=O) groups excluding carboxylic acids is 1. The van der Waals surface area contributed by atoms with Gasteiger partial charge in [0.25, 0.3) is 0 Å². The van der Waals surface area contributed by atoms with Crippen LogP contribution in [0, 0.1) is 0 Å². The van der Waals surface area contributed by atoms with Gasteiger partial charge in [-0.05, 0) is 37.3 Å². The van der Waals surface area contributed by atoms with Crippen LogP contribution >= 0.6 is 23.2 Å². The molecule has 0 aliphatic carbocycles. The number of rotatable bonds is 7. The van der Waals surface area contributed by atoms with Crippen LogP contribution in [0.4, 0.5) is 0 Å². The second-order valence-corrected chi connectivity index (χ2v) is 7.96. The van der Waals surface area contributed by atoms with Gasteiger partial charge in [0.1, 0.15) is 16.5 Å². The molecule has 0 fully saturated rings. The van der Waals surface area contributed by atoms with Crippen LogP contribution in [0.3, 0.4) is 0 Å². The summed E-state index contributed by atoms with van der Waals surface area (Å²) in [5.74, 6) is -0.662. The van der Waals surface area contributed by atoms with Crippen LogP contribution in [0.2, 0.25) is 10.0 Å². The van der Waals surface area contributed by atoms with Crippen LogP contribution in [0.5, 0.6) is 11.5 Å². The number of phenolic OH excluding ortho intramolecular Hbond substituents is 1. The Bertz CT molecular complexity index is 962. The highest BCUT2D eigenvalue weighted by molar-refractivity contribution is 7.91. The van der Waals surface area contributed by atoms with Crippen LogP contribution in [0.15, 0.2) is 40.1 Å². The fraction of sp³-hybridized carbons (Fsp3) is 0.235. The predicted molar refractivity (Wildman–Crippen MR) is 100 cm³/mol. The zero-order chi connectivity index (χ0) is 20.2. The third kappa shape index (κ3) is 4.65. The van der Waals surface area contributed by atoms with Crippen molar-refractivity contribution < 1.29 is 27.8 Å². The van der Waals surface area contributed by atoms with Gasteiger partial charge in [-0.15, -0.1) is 0 Å². The van der Waals surface area contributed by atoms with Gasteiger partial charge in [0.05, 0.1) is 21.4 Å². The molecule has 0 amide bonds. The summed E-state index contributed by atoms with van der Waals surface area (Å²) in [6, 6.07) is 6.25. The van der Waals surface area contributed by atoms with Gasteiger partial charge >= 0.3 is 5.97 Å². The third-order valence-electron chi connectivity index (χ3n) is 3.53. The van der Waals surface area contributed by atoms with Gasteiger partial charge in [0.2, 0.25) is 9.84 Å². The van der Waals surface area contributed by atoms with Crippen molar-refractivity contribution in [3.05, 3.63) is 45.9 Å². The van der Waals surface area contributed by atoms with Crippen molar-refractivity contribution in [1.82, 2.24) is 0 Å². The molecule has 0 spiro atoms. The van der Waals surface area contributed by atoms with Crippen molar-refractivity contribution >= 4 is 39.0 Å². The zero-order valence-electron chi connectivity index (χ0n) is 14.2. The van der Waals surface area contributed by atoms with E-state index in [1.54, 1.807) is 6.92 Å². The molecule has 0 aliphatic rings. The molecule has 0 atom stereocenters. The smallest absolute Gasteiger partial charge is 0.344 e. The van der Waals surface area contributed by atoms with Crippen molar-refractivity contribution in [3.8, 4) is 11.5 Å². The Morgan fingerprint density at radius 2 is 1.89 bits per heavy atom. The first-order valence-electron chi connectivity index (χ1n) is 7.75. The summed E-state index contributed by atoms with van der Waals surface area (Å²) in [7, 11) is -4.03. The fourth-order valence-electron chi connectivity index (χ4n) is 2.19. The lowest BCUT2D eigenvalue weighted by atomic mass is 10.2. The number of carbonyl (C=O) groups is 1. The van der Waals surface area contributed by atoms with Gasteiger partial charge in [-0.2, -0.15) is 0 Å². The van der Waals surface area contributed by atoms with Crippen molar-refractivity contribution in [3.63, 3.8) is 0 Å². The van der Waals surface area contributed by atoms with E-state index in [2.05, 4.69) is 0 Å².